The Balaban J connectivity index is 2.92. The van der Waals surface area contributed by atoms with Crippen molar-refractivity contribution in [3.63, 3.8) is 0 Å². The van der Waals surface area contributed by atoms with E-state index in [0.717, 1.165) is 5.52 Å². The molecule has 0 amide bonds. The Morgan fingerprint density at radius 3 is 3.00 bits per heavy atom. The second kappa shape index (κ2) is 2.09. The van der Waals surface area contributed by atoms with Crippen LogP contribution in [0.4, 0.5) is 0 Å². The number of rotatable bonds is 0. The highest BCUT2D eigenvalue weighted by Crippen LogP contribution is 2.15. The molecule has 0 aliphatic carbocycles. The Kier molecular flexibility index (Phi) is 1.22. The summed E-state index contributed by atoms with van der Waals surface area (Å²) in [6.45, 7) is 2.08. The van der Waals surface area contributed by atoms with Gasteiger partial charge in [0.25, 0.3) is 0 Å². The zero-order valence-electron chi connectivity index (χ0n) is 6.70. The molecule has 0 radical (unpaired) electrons. The van der Waals surface area contributed by atoms with Gasteiger partial charge in [0.2, 0.25) is 0 Å². The van der Waals surface area contributed by atoms with Gasteiger partial charge in [-0.1, -0.05) is 0 Å². The highest BCUT2D eigenvalue weighted by Gasteiger charge is 2.00. The van der Waals surface area contributed by atoms with Crippen LogP contribution in [-0.4, -0.2) is 9.55 Å². The predicted molar refractivity (Wildman–Crippen MR) is 45.5 cm³/mol. The van der Waals surface area contributed by atoms with Gasteiger partial charge in [-0.15, -0.1) is 0 Å². The van der Waals surface area contributed by atoms with Crippen LogP contribution in [0.2, 0.25) is 0 Å². The first-order valence-electron chi connectivity index (χ1n) is 3.65. The average molecular weight is 146 g/mol. The van der Waals surface area contributed by atoms with Crippen molar-refractivity contribution in [2.75, 3.05) is 0 Å². The lowest BCUT2D eigenvalue weighted by molar-refractivity contribution is 0.887. The maximum atomic E-state index is 4.28. The summed E-state index contributed by atoms with van der Waals surface area (Å²) in [7, 11) is 2.04. The standard InChI is InChI=1S/C9H10N2/c1-7-9-8(6-11(7)2)4-3-5-10-9/h3-6H,1-2H3. The van der Waals surface area contributed by atoms with Gasteiger partial charge in [0, 0.05) is 30.5 Å². The first kappa shape index (κ1) is 6.40. The summed E-state index contributed by atoms with van der Waals surface area (Å²) in [4.78, 5) is 4.28. The molecule has 56 valence electrons. The van der Waals surface area contributed by atoms with E-state index in [0.29, 0.717) is 0 Å². The molecule has 2 heteroatoms. The fourth-order valence-electron chi connectivity index (χ4n) is 1.30. The summed E-state index contributed by atoms with van der Waals surface area (Å²) in [6, 6.07) is 4.04. The average Bonchev–Trinajstić information content (AvgIpc) is 2.30. The molecule has 2 heterocycles. The Morgan fingerprint density at radius 1 is 1.45 bits per heavy atom. The number of nitrogens with zero attached hydrogens (tertiary/aromatic N) is 2. The van der Waals surface area contributed by atoms with Gasteiger partial charge in [0.1, 0.15) is 0 Å². The maximum Gasteiger partial charge on any atom is 0.0908 e. The van der Waals surface area contributed by atoms with Crippen molar-refractivity contribution in [2.24, 2.45) is 7.05 Å². The SMILES string of the molecule is Cc1c2ncccc2cn1C. The van der Waals surface area contributed by atoms with Crippen LogP contribution in [-0.2, 0) is 7.05 Å². The van der Waals surface area contributed by atoms with Gasteiger partial charge in [0.15, 0.2) is 0 Å². The third-order valence-electron chi connectivity index (χ3n) is 2.04. The fourth-order valence-corrected chi connectivity index (χ4v) is 1.30. The number of aromatic nitrogens is 2. The number of pyridine rings is 1. The van der Waals surface area contributed by atoms with Gasteiger partial charge < -0.3 is 4.57 Å². The smallest absolute Gasteiger partial charge is 0.0908 e. The molecule has 2 aromatic heterocycles. The monoisotopic (exact) mass is 146 g/mol. The second-order valence-electron chi connectivity index (χ2n) is 2.77. The molecule has 0 aliphatic rings. The largest absolute Gasteiger partial charge is 0.352 e. The minimum absolute atomic E-state index is 1.11. The lowest BCUT2D eigenvalue weighted by atomic mass is 10.3. The van der Waals surface area contributed by atoms with Crippen LogP contribution in [0.15, 0.2) is 24.5 Å². The fraction of sp³-hybridized carbons (Fsp3) is 0.222. The molecule has 0 spiro atoms. The minimum Gasteiger partial charge on any atom is -0.352 e. The van der Waals surface area contributed by atoms with Gasteiger partial charge in [-0.25, -0.2) is 0 Å². The zero-order valence-corrected chi connectivity index (χ0v) is 6.70. The highest BCUT2D eigenvalue weighted by atomic mass is 14.9. The molecule has 2 rings (SSSR count). The Hall–Kier alpha value is -1.31. The van der Waals surface area contributed by atoms with E-state index in [4.69, 9.17) is 0 Å². The molecule has 2 nitrogen and oxygen atoms in total. The normalized spacial score (nSPS) is 10.7. The van der Waals surface area contributed by atoms with E-state index in [2.05, 4.69) is 28.7 Å². The van der Waals surface area contributed by atoms with Crippen molar-refractivity contribution in [3.8, 4) is 0 Å². The van der Waals surface area contributed by atoms with Crippen LogP contribution in [0, 0.1) is 6.92 Å². The molecule has 11 heavy (non-hydrogen) atoms. The van der Waals surface area contributed by atoms with Crippen LogP contribution >= 0.6 is 0 Å². The molecular weight excluding hydrogens is 136 g/mol. The van der Waals surface area contributed by atoms with Crippen molar-refractivity contribution < 1.29 is 0 Å². The van der Waals surface area contributed by atoms with E-state index in [9.17, 15) is 0 Å². The highest BCUT2D eigenvalue weighted by molar-refractivity contribution is 5.80. The Labute approximate surface area is 65.5 Å². The van der Waals surface area contributed by atoms with E-state index >= 15 is 0 Å². The molecule has 0 atom stereocenters. The quantitative estimate of drug-likeness (QED) is 0.555. The number of aryl methyl sites for hydroxylation is 2. The van der Waals surface area contributed by atoms with E-state index in [1.54, 1.807) is 0 Å². The lowest BCUT2D eigenvalue weighted by Crippen LogP contribution is -1.86. The third kappa shape index (κ3) is 0.827. The van der Waals surface area contributed by atoms with Crippen molar-refractivity contribution in [1.82, 2.24) is 9.55 Å². The predicted octanol–water partition coefficient (Wildman–Crippen LogP) is 1.88. The molecule has 0 saturated heterocycles. The molecule has 2 aromatic rings. The third-order valence-corrected chi connectivity index (χ3v) is 2.04. The summed E-state index contributed by atoms with van der Waals surface area (Å²) in [5, 5.41) is 1.22. The number of hydrogen-bond acceptors (Lipinski definition) is 1. The van der Waals surface area contributed by atoms with E-state index in [1.807, 2.05) is 19.3 Å². The summed E-state index contributed by atoms with van der Waals surface area (Å²) in [5.74, 6) is 0. The molecule has 0 aromatic carbocycles. The Morgan fingerprint density at radius 2 is 2.27 bits per heavy atom. The van der Waals surface area contributed by atoms with Gasteiger partial charge in [-0.3, -0.25) is 4.98 Å². The minimum atomic E-state index is 1.11. The van der Waals surface area contributed by atoms with Crippen LogP contribution in [0.1, 0.15) is 5.69 Å². The molecular formula is C9H10N2. The summed E-state index contributed by atoms with van der Waals surface area (Å²) in [6.07, 6.45) is 3.92. The first-order chi connectivity index (χ1) is 5.29. The topological polar surface area (TPSA) is 17.8 Å². The number of fused-ring (bicyclic) bond motifs is 1. The van der Waals surface area contributed by atoms with E-state index in [1.165, 1.54) is 11.1 Å². The van der Waals surface area contributed by atoms with E-state index < -0.39 is 0 Å². The zero-order chi connectivity index (χ0) is 7.84. The summed E-state index contributed by atoms with van der Waals surface area (Å²) in [5.41, 5.74) is 2.33. The summed E-state index contributed by atoms with van der Waals surface area (Å²) >= 11 is 0. The molecule has 0 saturated carbocycles. The van der Waals surface area contributed by atoms with Crippen LogP contribution in [0.5, 0.6) is 0 Å². The second-order valence-corrected chi connectivity index (χ2v) is 2.77. The van der Waals surface area contributed by atoms with Gasteiger partial charge in [-0.05, 0) is 19.1 Å². The first-order valence-corrected chi connectivity index (χ1v) is 3.65. The molecule has 0 unspecified atom stereocenters. The van der Waals surface area contributed by atoms with Gasteiger partial charge >= 0.3 is 0 Å². The van der Waals surface area contributed by atoms with Crippen molar-refractivity contribution in [1.29, 1.82) is 0 Å². The molecule has 0 bridgehead atoms. The van der Waals surface area contributed by atoms with Crippen LogP contribution < -0.4 is 0 Å². The molecule has 0 fully saturated rings. The summed E-state index contributed by atoms with van der Waals surface area (Å²) < 4.78 is 2.09. The molecule has 0 aliphatic heterocycles. The van der Waals surface area contributed by atoms with Crippen molar-refractivity contribution >= 4 is 10.9 Å². The van der Waals surface area contributed by atoms with Crippen molar-refractivity contribution in [3.05, 3.63) is 30.2 Å². The van der Waals surface area contributed by atoms with Gasteiger partial charge in [-0.2, -0.15) is 0 Å². The number of hydrogen-bond donors (Lipinski definition) is 0. The van der Waals surface area contributed by atoms with E-state index in [-0.39, 0.29) is 0 Å². The lowest BCUT2D eigenvalue weighted by Gasteiger charge is -1.92. The van der Waals surface area contributed by atoms with Crippen molar-refractivity contribution in [2.45, 2.75) is 6.92 Å². The molecule has 0 N–H and O–H groups in total. The van der Waals surface area contributed by atoms with Crippen LogP contribution in [0.25, 0.3) is 10.9 Å². The Bertz CT molecular complexity index is 387. The van der Waals surface area contributed by atoms with Gasteiger partial charge in [0.05, 0.1) is 5.52 Å². The van der Waals surface area contributed by atoms with Crippen LogP contribution in [0.3, 0.4) is 0 Å². The maximum absolute atomic E-state index is 4.28.